The van der Waals surface area contributed by atoms with Crippen molar-refractivity contribution >= 4 is 50.6 Å². The van der Waals surface area contributed by atoms with E-state index in [0.717, 1.165) is 0 Å². The summed E-state index contributed by atoms with van der Waals surface area (Å²) in [5.41, 5.74) is 0.462. The van der Waals surface area contributed by atoms with Crippen molar-refractivity contribution in [1.82, 2.24) is 15.2 Å². The van der Waals surface area contributed by atoms with Crippen LogP contribution in [0.3, 0.4) is 0 Å². The zero-order valence-corrected chi connectivity index (χ0v) is 11.2. The van der Waals surface area contributed by atoms with E-state index in [9.17, 15) is 4.39 Å². The molecule has 1 N–H and O–H groups in total. The maximum atomic E-state index is 13.1. The van der Waals surface area contributed by atoms with Crippen molar-refractivity contribution in [1.29, 1.82) is 0 Å². The van der Waals surface area contributed by atoms with Crippen LogP contribution in [0.5, 0.6) is 0 Å². The van der Waals surface area contributed by atoms with Crippen LogP contribution in [0.25, 0.3) is 0 Å². The van der Waals surface area contributed by atoms with Crippen molar-refractivity contribution in [3.8, 4) is 0 Å². The van der Waals surface area contributed by atoms with Crippen LogP contribution in [0.2, 0.25) is 10.4 Å². The molecular formula is C9H4BrCl2FN4. The number of anilines is 2. The fraction of sp³-hybridized carbons (Fsp3) is 0. The molecule has 0 aliphatic heterocycles. The predicted octanol–water partition coefficient (Wildman–Crippen LogP) is 3.82. The third kappa shape index (κ3) is 3.02. The maximum absolute atomic E-state index is 13.1. The Bertz CT molecular complexity index is 517. The number of rotatable bonds is 2. The molecule has 0 spiro atoms. The van der Waals surface area contributed by atoms with Gasteiger partial charge in [0.25, 0.3) is 0 Å². The fourth-order valence-electron chi connectivity index (χ4n) is 1.09. The molecule has 0 amide bonds. The molecule has 1 aromatic carbocycles. The Morgan fingerprint density at radius 3 is 2.76 bits per heavy atom. The van der Waals surface area contributed by atoms with E-state index < -0.39 is 0 Å². The highest BCUT2D eigenvalue weighted by Crippen LogP contribution is 2.28. The lowest BCUT2D eigenvalue weighted by Crippen LogP contribution is -1.99. The molecule has 0 bridgehead atoms. The van der Waals surface area contributed by atoms with Gasteiger partial charge in [0.05, 0.1) is 5.69 Å². The number of hydrogen-bond donors (Lipinski definition) is 1. The number of hydrogen-bond acceptors (Lipinski definition) is 4. The van der Waals surface area contributed by atoms with Crippen LogP contribution in [0.4, 0.5) is 15.9 Å². The third-order valence-electron chi connectivity index (χ3n) is 1.80. The van der Waals surface area contributed by atoms with E-state index in [1.54, 1.807) is 6.07 Å². The molecule has 8 heteroatoms. The van der Waals surface area contributed by atoms with Crippen molar-refractivity contribution in [2.75, 3.05) is 5.32 Å². The van der Waals surface area contributed by atoms with Gasteiger partial charge < -0.3 is 5.32 Å². The number of nitrogens with one attached hydrogen (secondary N) is 1. The first-order valence-electron chi connectivity index (χ1n) is 4.34. The summed E-state index contributed by atoms with van der Waals surface area (Å²) < 4.78 is 13.7. The Kier molecular flexibility index (Phi) is 3.76. The normalized spacial score (nSPS) is 10.4. The van der Waals surface area contributed by atoms with Crippen LogP contribution < -0.4 is 5.32 Å². The Hall–Kier alpha value is -0.980. The van der Waals surface area contributed by atoms with Crippen molar-refractivity contribution in [2.45, 2.75) is 0 Å². The van der Waals surface area contributed by atoms with Gasteiger partial charge in [0.2, 0.25) is 5.28 Å². The molecule has 2 aromatic rings. The maximum Gasteiger partial charge on any atom is 0.245 e. The van der Waals surface area contributed by atoms with Gasteiger partial charge in [0.1, 0.15) is 5.82 Å². The highest BCUT2D eigenvalue weighted by molar-refractivity contribution is 9.10. The second kappa shape index (κ2) is 5.12. The Morgan fingerprint density at radius 2 is 2.00 bits per heavy atom. The molecule has 88 valence electrons. The molecule has 1 heterocycles. The molecule has 0 saturated carbocycles. The average Bonchev–Trinajstić information content (AvgIpc) is 2.28. The van der Waals surface area contributed by atoms with Gasteiger partial charge >= 0.3 is 0 Å². The number of benzene rings is 1. The zero-order chi connectivity index (χ0) is 12.4. The van der Waals surface area contributed by atoms with E-state index >= 15 is 0 Å². The highest BCUT2D eigenvalue weighted by atomic mass is 79.9. The monoisotopic (exact) mass is 336 g/mol. The summed E-state index contributed by atoms with van der Waals surface area (Å²) in [6.07, 6.45) is 0. The lowest BCUT2D eigenvalue weighted by molar-refractivity contribution is 0.628. The summed E-state index contributed by atoms with van der Waals surface area (Å²) in [7, 11) is 0. The largest absolute Gasteiger partial charge is 0.336 e. The number of halogens is 4. The molecule has 1 aromatic heterocycles. The molecule has 0 atom stereocenters. The summed E-state index contributed by atoms with van der Waals surface area (Å²) >= 11 is 14.6. The molecule has 4 nitrogen and oxygen atoms in total. The quantitative estimate of drug-likeness (QED) is 0.905. The van der Waals surface area contributed by atoms with E-state index in [-0.39, 0.29) is 22.1 Å². The average molecular weight is 338 g/mol. The Labute approximate surface area is 114 Å². The van der Waals surface area contributed by atoms with Crippen LogP contribution in [-0.2, 0) is 0 Å². The van der Waals surface area contributed by atoms with Gasteiger partial charge in [-0.3, -0.25) is 0 Å². The summed E-state index contributed by atoms with van der Waals surface area (Å²) in [6.45, 7) is 0. The summed E-state index contributed by atoms with van der Waals surface area (Å²) in [4.78, 5) is 3.84. The van der Waals surface area contributed by atoms with Gasteiger partial charge in [-0.25, -0.2) is 4.39 Å². The van der Waals surface area contributed by atoms with E-state index in [2.05, 4.69) is 36.4 Å². The van der Waals surface area contributed by atoms with Crippen molar-refractivity contribution in [3.05, 3.63) is 38.9 Å². The number of aromatic nitrogens is 3. The smallest absolute Gasteiger partial charge is 0.245 e. The first-order valence-corrected chi connectivity index (χ1v) is 5.89. The van der Waals surface area contributed by atoms with Gasteiger partial charge in [-0.2, -0.15) is 4.98 Å². The van der Waals surface area contributed by atoms with Gasteiger partial charge in [0, 0.05) is 4.47 Å². The lowest BCUT2D eigenvalue weighted by atomic mass is 10.3. The van der Waals surface area contributed by atoms with Gasteiger partial charge in [-0.05, 0) is 45.7 Å². The minimum absolute atomic E-state index is 0.0468. The molecular weight excluding hydrogens is 334 g/mol. The zero-order valence-electron chi connectivity index (χ0n) is 8.09. The van der Waals surface area contributed by atoms with Crippen molar-refractivity contribution in [3.63, 3.8) is 0 Å². The minimum atomic E-state index is -0.389. The van der Waals surface area contributed by atoms with Crippen LogP contribution in [0.15, 0.2) is 22.7 Å². The fourth-order valence-corrected chi connectivity index (χ4v) is 1.69. The lowest BCUT2D eigenvalue weighted by Gasteiger charge is -2.08. The first kappa shape index (κ1) is 12.5. The second-order valence-corrected chi connectivity index (χ2v) is 4.52. The molecule has 0 radical (unpaired) electrons. The van der Waals surface area contributed by atoms with Gasteiger partial charge in [0.15, 0.2) is 11.0 Å². The molecule has 0 aliphatic rings. The molecule has 0 saturated heterocycles. The molecule has 17 heavy (non-hydrogen) atoms. The Morgan fingerprint density at radius 1 is 1.24 bits per heavy atom. The minimum Gasteiger partial charge on any atom is -0.336 e. The van der Waals surface area contributed by atoms with E-state index in [4.69, 9.17) is 23.2 Å². The summed E-state index contributed by atoms with van der Waals surface area (Å²) in [5, 5.41) is 9.84. The van der Waals surface area contributed by atoms with Gasteiger partial charge in [-0.15, -0.1) is 10.2 Å². The van der Waals surface area contributed by atoms with E-state index in [1.165, 1.54) is 12.1 Å². The molecule has 0 fully saturated rings. The van der Waals surface area contributed by atoms with Crippen molar-refractivity contribution < 1.29 is 4.39 Å². The second-order valence-electron chi connectivity index (χ2n) is 2.97. The molecule has 0 aliphatic carbocycles. The highest BCUT2D eigenvalue weighted by Gasteiger charge is 2.09. The van der Waals surface area contributed by atoms with Crippen molar-refractivity contribution in [2.24, 2.45) is 0 Å². The Balaban J connectivity index is 2.37. The van der Waals surface area contributed by atoms with Crippen LogP contribution >= 0.6 is 39.1 Å². The van der Waals surface area contributed by atoms with Crippen LogP contribution in [0, 0.1) is 5.82 Å². The summed E-state index contributed by atoms with van der Waals surface area (Å²) in [5.74, 6) is -0.182. The summed E-state index contributed by atoms with van der Waals surface area (Å²) in [6, 6.07) is 4.17. The SMILES string of the molecule is Fc1ccc(Br)c(Nc2nc(Cl)nnc2Cl)c1. The topological polar surface area (TPSA) is 50.7 Å². The number of nitrogens with zero attached hydrogens (tertiary/aromatic N) is 3. The predicted molar refractivity (Wildman–Crippen MR) is 67.2 cm³/mol. The third-order valence-corrected chi connectivity index (χ3v) is 2.91. The van der Waals surface area contributed by atoms with E-state index in [0.29, 0.717) is 10.2 Å². The first-order chi connectivity index (χ1) is 8.06. The molecule has 0 unspecified atom stereocenters. The molecule has 2 rings (SSSR count). The van der Waals surface area contributed by atoms with Crippen LogP contribution in [-0.4, -0.2) is 15.2 Å². The van der Waals surface area contributed by atoms with Crippen LogP contribution in [0.1, 0.15) is 0 Å². The van der Waals surface area contributed by atoms with E-state index in [1.807, 2.05) is 0 Å². The standard InChI is InChI=1S/C9H4BrCl2FN4/c10-5-2-1-4(13)3-6(5)14-8-7(11)16-17-9(12)15-8/h1-3H,(H,14,15,17). The van der Waals surface area contributed by atoms with Gasteiger partial charge in [-0.1, -0.05) is 11.6 Å².